The highest BCUT2D eigenvalue weighted by atomic mass is 16.5. The predicted octanol–water partition coefficient (Wildman–Crippen LogP) is 3.70. The predicted molar refractivity (Wildman–Crippen MR) is 81.2 cm³/mol. The number of aliphatic hydroxyl groups excluding tert-OH is 1. The topological polar surface area (TPSA) is 38.7 Å². The Morgan fingerprint density at radius 1 is 1.05 bits per heavy atom. The van der Waals surface area contributed by atoms with Gasteiger partial charge in [0, 0.05) is 17.6 Å². The smallest absolute Gasteiger partial charge is 0.133 e. The van der Waals surface area contributed by atoms with E-state index in [4.69, 9.17) is 9.47 Å². The van der Waals surface area contributed by atoms with E-state index >= 15 is 0 Å². The lowest BCUT2D eigenvalue weighted by Gasteiger charge is -2.16. The summed E-state index contributed by atoms with van der Waals surface area (Å²) in [7, 11) is 0. The summed E-state index contributed by atoms with van der Waals surface area (Å²) in [5.74, 6) is 0.762. The number of benzene rings is 2. The van der Waals surface area contributed by atoms with Crippen LogP contribution in [0.1, 0.15) is 31.9 Å². The molecule has 0 saturated carbocycles. The second-order valence-electron chi connectivity index (χ2n) is 4.84. The maximum Gasteiger partial charge on any atom is 0.133 e. The van der Waals surface area contributed by atoms with E-state index in [-0.39, 0.29) is 0 Å². The molecule has 0 aliphatic heterocycles. The van der Waals surface area contributed by atoms with Crippen molar-refractivity contribution in [1.82, 2.24) is 0 Å². The van der Waals surface area contributed by atoms with E-state index in [1.54, 1.807) is 6.92 Å². The van der Waals surface area contributed by atoms with Crippen molar-refractivity contribution >= 4 is 10.8 Å². The van der Waals surface area contributed by atoms with Crippen LogP contribution < -0.4 is 4.74 Å². The molecule has 0 spiro atoms. The Kier molecular flexibility index (Phi) is 5.39. The van der Waals surface area contributed by atoms with E-state index in [1.165, 1.54) is 0 Å². The monoisotopic (exact) mass is 274 g/mol. The maximum absolute atomic E-state index is 9.89. The SMILES string of the molecule is CCCOCCOc1c(C(C)O)ccc2ccccc12. The molecule has 3 heteroatoms. The molecule has 1 unspecified atom stereocenters. The molecule has 0 saturated heterocycles. The van der Waals surface area contributed by atoms with Crippen molar-refractivity contribution in [1.29, 1.82) is 0 Å². The maximum atomic E-state index is 9.89. The highest BCUT2D eigenvalue weighted by Gasteiger charge is 2.12. The van der Waals surface area contributed by atoms with Gasteiger partial charge in [-0.3, -0.25) is 0 Å². The highest BCUT2D eigenvalue weighted by molar-refractivity contribution is 5.89. The van der Waals surface area contributed by atoms with Gasteiger partial charge in [0.05, 0.1) is 12.7 Å². The quantitative estimate of drug-likeness (QED) is 0.782. The summed E-state index contributed by atoms with van der Waals surface area (Å²) in [5.41, 5.74) is 0.819. The minimum Gasteiger partial charge on any atom is -0.490 e. The lowest BCUT2D eigenvalue weighted by molar-refractivity contribution is 0.0992. The van der Waals surface area contributed by atoms with Gasteiger partial charge in [0.1, 0.15) is 12.4 Å². The number of rotatable bonds is 7. The Labute approximate surface area is 120 Å². The van der Waals surface area contributed by atoms with Crippen molar-refractivity contribution in [3.8, 4) is 5.75 Å². The molecule has 0 fully saturated rings. The first-order valence-electron chi connectivity index (χ1n) is 7.14. The number of aliphatic hydroxyl groups is 1. The van der Waals surface area contributed by atoms with Gasteiger partial charge in [0.2, 0.25) is 0 Å². The van der Waals surface area contributed by atoms with E-state index in [9.17, 15) is 5.11 Å². The Hall–Kier alpha value is -1.58. The van der Waals surface area contributed by atoms with E-state index in [2.05, 4.69) is 6.92 Å². The van der Waals surface area contributed by atoms with Gasteiger partial charge in [-0.15, -0.1) is 0 Å². The average Bonchev–Trinajstić information content (AvgIpc) is 2.46. The first-order valence-corrected chi connectivity index (χ1v) is 7.14. The second-order valence-corrected chi connectivity index (χ2v) is 4.84. The summed E-state index contributed by atoms with van der Waals surface area (Å²) >= 11 is 0. The van der Waals surface area contributed by atoms with Crippen molar-refractivity contribution in [3.63, 3.8) is 0 Å². The summed E-state index contributed by atoms with van der Waals surface area (Å²) < 4.78 is 11.3. The van der Waals surface area contributed by atoms with E-state index in [1.807, 2.05) is 36.4 Å². The molecule has 108 valence electrons. The number of hydrogen-bond acceptors (Lipinski definition) is 3. The molecule has 0 heterocycles. The number of ether oxygens (including phenoxy) is 2. The summed E-state index contributed by atoms with van der Waals surface area (Å²) in [5, 5.41) is 12.0. The van der Waals surface area contributed by atoms with Crippen molar-refractivity contribution in [2.45, 2.75) is 26.4 Å². The summed E-state index contributed by atoms with van der Waals surface area (Å²) in [6, 6.07) is 12.0. The Morgan fingerprint density at radius 3 is 2.60 bits per heavy atom. The molecule has 1 atom stereocenters. The van der Waals surface area contributed by atoms with E-state index < -0.39 is 6.10 Å². The van der Waals surface area contributed by atoms with Gasteiger partial charge in [-0.2, -0.15) is 0 Å². The molecule has 20 heavy (non-hydrogen) atoms. The number of hydrogen-bond donors (Lipinski definition) is 1. The summed E-state index contributed by atoms with van der Waals surface area (Å²) in [6.07, 6.45) is 0.457. The zero-order valence-corrected chi connectivity index (χ0v) is 12.1. The third kappa shape index (κ3) is 3.50. The third-order valence-electron chi connectivity index (χ3n) is 3.18. The zero-order valence-electron chi connectivity index (χ0n) is 12.1. The second kappa shape index (κ2) is 7.27. The van der Waals surface area contributed by atoms with Crippen molar-refractivity contribution in [3.05, 3.63) is 42.0 Å². The van der Waals surface area contributed by atoms with Gasteiger partial charge < -0.3 is 14.6 Å². The highest BCUT2D eigenvalue weighted by Crippen LogP contribution is 2.33. The number of fused-ring (bicyclic) bond motifs is 1. The normalized spacial score (nSPS) is 12.6. The molecular formula is C17H22O3. The first-order chi connectivity index (χ1) is 9.74. The minimum absolute atomic E-state index is 0.494. The van der Waals surface area contributed by atoms with Crippen LogP contribution in [0.4, 0.5) is 0 Å². The van der Waals surface area contributed by atoms with Crippen molar-refractivity contribution in [2.24, 2.45) is 0 Å². The summed E-state index contributed by atoms with van der Waals surface area (Å²) in [4.78, 5) is 0. The van der Waals surface area contributed by atoms with Crippen LogP contribution >= 0.6 is 0 Å². The van der Waals surface area contributed by atoms with Crippen LogP contribution in [0.3, 0.4) is 0 Å². The fourth-order valence-electron chi connectivity index (χ4n) is 2.20. The lowest BCUT2D eigenvalue weighted by Crippen LogP contribution is -2.09. The Bertz CT molecular complexity index is 549. The van der Waals surface area contributed by atoms with Crippen LogP contribution in [0, 0.1) is 0 Å². The molecule has 0 radical (unpaired) electrons. The van der Waals surface area contributed by atoms with Crippen LogP contribution in [0.25, 0.3) is 10.8 Å². The third-order valence-corrected chi connectivity index (χ3v) is 3.18. The summed E-state index contributed by atoms with van der Waals surface area (Å²) in [6.45, 7) is 5.65. The van der Waals surface area contributed by atoms with Gasteiger partial charge in [0.25, 0.3) is 0 Å². The van der Waals surface area contributed by atoms with Crippen LogP contribution in [0.5, 0.6) is 5.75 Å². The zero-order chi connectivity index (χ0) is 14.4. The molecule has 0 bridgehead atoms. The van der Waals surface area contributed by atoms with Crippen LogP contribution in [0.2, 0.25) is 0 Å². The fraction of sp³-hybridized carbons (Fsp3) is 0.412. The largest absolute Gasteiger partial charge is 0.490 e. The van der Waals surface area contributed by atoms with E-state index in [0.29, 0.717) is 13.2 Å². The van der Waals surface area contributed by atoms with Crippen molar-refractivity contribution in [2.75, 3.05) is 19.8 Å². The average molecular weight is 274 g/mol. The first kappa shape index (κ1) is 14.8. The molecule has 2 rings (SSSR count). The molecule has 0 aliphatic rings. The Morgan fingerprint density at radius 2 is 1.85 bits per heavy atom. The van der Waals surface area contributed by atoms with E-state index in [0.717, 1.165) is 35.1 Å². The van der Waals surface area contributed by atoms with Gasteiger partial charge >= 0.3 is 0 Å². The lowest BCUT2D eigenvalue weighted by atomic mass is 10.0. The Balaban J connectivity index is 2.21. The molecule has 0 aliphatic carbocycles. The standard InChI is InChI=1S/C17H22O3/c1-3-10-19-11-12-20-17-15(13(2)18)9-8-14-6-4-5-7-16(14)17/h4-9,13,18H,3,10-12H2,1-2H3. The fourth-order valence-corrected chi connectivity index (χ4v) is 2.20. The molecule has 3 nitrogen and oxygen atoms in total. The molecule has 2 aromatic carbocycles. The molecule has 0 aromatic heterocycles. The molecular weight excluding hydrogens is 252 g/mol. The molecule has 0 amide bonds. The molecule has 1 N–H and O–H groups in total. The van der Waals surface area contributed by atoms with Crippen LogP contribution in [0.15, 0.2) is 36.4 Å². The van der Waals surface area contributed by atoms with Crippen molar-refractivity contribution < 1.29 is 14.6 Å². The minimum atomic E-state index is -0.550. The van der Waals surface area contributed by atoms with Gasteiger partial charge in [-0.05, 0) is 18.7 Å². The molecule has 2 aromatic rings. The van der Waals surface area contributed by atoms with Crippen LogP contribution in [-0.4, -0.2) is 24.9 Å². The van der Waals surface area contributed by atoms with Gasteiger partial charge in [0.15, 0.2) is 0 Å². The van der Waals surface area contributed by atoms with Gasteiger partial charge in [-0.25, -0.2) is 0 Å². The van der Waals surface area contributed by atoms with Crippen LogP contribution in [-0.2, 0) is 4.74 Å². The van der Waals surface area contributed by atoms with Gasteiger partial charge in [-0.1, -0.05) is 43.3 Å².